The fourth-order valence-corrected chi connectivity index (χ4v) is 1.78. The minimum Gasteiger partial charge on any atom is -0.495 e. The van der Waals surface area contributed by atoms with Crippen LogP contribution >= 0.6 is 0 Å². The lowest BCUT2D eigenvalue weighted by atomic mass is 10.1. The van der Waals surface area contributed by atoms with Crippen molar-refractivity contribution in [2.24, 2.45) is 0 Å². The van der Waals surface area contributed by atoms with Gasteiger partial charge in [-0.15, -0.1) is 0 Å². The Morgan fingerprint density at radius 2 is 2.20 bits per heavy atom. The van der Waals surface area contributed by atoms with Crippen molar-refractivity contribution in [3.05, 3.63) is 53.3 Å². The lowest BCUT2D eigenvalue weighted by Gasteiger charge is -2.11. The highest BCUT2D eigenvalue weighted by Crippen LogP contribution is 2.26. The molecule has 0 saturated carbocycles. The number of amides is 1. The summed E-state index contributed by atoms with van der Waals surface area (Å²) >= 11 is 0. The maximum absolute atomic E-state index is 12.2. The number of hydrogen-bond donors (Lipinski definition) is 1. The lowest BCUT2D eigenvalue weighted by Crippen LogP contribution is -2.14. The summed E-state index contributed by atoms with van der Waals surface area (Å²) in [7, 11) is 1.49. The molecule has 0 aliphatic carbocycles. The smallest absolute Gasteiger partial charge is 0.257 e. The Balaban J connectivity index is 2.29. The van der Waals surface area contributed by atoms with E-state index in [4.69, 9.17) is 10.00 Å². The standard InChI is InChI=1S/C15H13N3O2/c1-10-12(4-3-7-17-10)15(19)18-13-6-5-11(9-16)8-14(13)20-2/h3-8H,1-2H3,(H,18,19). The van der Waals surface area contributed by atoms with Gasteiger partial charge in [0.15, 0.2) is 0 Å². The van der Waals surface area contributed by atoms with Crippen LogP contribution in [-0.4, -0.2) is 18.0 Å². The number of ether oxygens (including phenoxy) is 1. The number of pyridine rings is 1. The second-order valence-corrected chi connectivity index (χ2v) is 4.12. The van der Waals surface area contributed by atoms with E-state index in [1.807, 2.05) is 6.07 Å². The molecule has 0 radical (unpaired) electrons. The number of aryl methyl sites for hydroxylation is 1. The van der Waals surface area contributed by atoms with Gasteiger partial charge in [0, 0.05) is 18.0 Å². The number of rotatable bonds is 3. The molecule has 0 unspecified atom stereocenters. The van der Waals surface area contributed by atoms with Gasteiger partial charge in [-0.2, -0.15) is 5.26 Å². The quantitative estimate of drug-likeness (QED) is 0.927. The fraction of sp³-hybridized carbons (Fsp3) is 0.133. The molecule has 0 aliphatic rings. The van der Waals surface area contributed by atoms with E-state index in [9.17, 15) is 4.79 Å². The minimum absolute atomic E-state index is 0.265. The normalized spacial score (nSPS) is 9.65. The van der Waals surface area contributed by atoms with Gasteiger partial charge >= 0.3 is 0 Å². The lowest BCUT2D eigenvalue weighted by molar-refractivity contribution is 0.102. The Bertz CT molecular complexity index is 690. The number of carbonyl (C=O) groups is 1. The van der Waals surface area contributed by atoms with Crippen molar-refractivity contribution in [1.29, 1.82) is 5.26 Å². The number of anilines is 1. The third kappa shape index (κ3) is 2.75. The Labute approximate surface area is 116 Å². The third-order valence-corrected chi connectivity index (χ3v) is 2.83. The van der Waals surface area contributed by atoms with Crippen molar-refractivity contribution in [2.45, 2.75) is 6.92 Å². The Morgan fingerprint density at radius 3 is 2.85 bits per heavy atom. The summed E-state index contributed by atoms with van der Waals surface area (Å²) in [6, 6.07) is 10.3. The van der Waals surface area contributed by atoms with E-state index in [1.54, 1.807) is 43.5 Å². The van der Waals surface area contributed by atoms with Crippen LogP contribution in [0.3, 0.4) is 0 Å². The van der Waals surface area contributed by atoms with Crippen LogP contribution in [0.2, 0.25) is 0 Å². The first-order chi connectivity index (χ1) is 9.65. The van der Waals surface area contributed by atoms with Crippen molar-refractivity contribution in [3.8, 4) is 11.8 Å². The number of hydrogen-bond acceptors (Lipinski definition) is 4. The SMILES string of the molecule is COc1cc(C#N)ccc1NC(=O)c1cccnc1C. The number of nitriles is 1. The van der Waals surface area contributed by atoms with Crippen molar-refractivity contribution >= 4 is 11.6 Å². The fourth-order valence-electron chi connectivity index (χ4n) is 1.78. The van der Waals surface area contributed by atoms with Gasteiger partial charge in [-0.05, 0) is 31.2 Å². The van der Waals surface area contributed by atoms with Crippen molar-refractivity contribution in [3.63, 3.8) is 0 Å². The van der Waals surface area contributed by atoms with Gasteiger partial charge in [0.05, 0.1) is 30.0 Å². The molecule has 1 N–H and O–H groups in total. The second kappa shape index (κ2) is 5.85. The number of methoxy groups -OCH3 is 1. The van der Waals surface area contributed by atoms with Gasteiger partial charge in [0.25, 0.3) is 5.91 Å². The Kier molecular flexibility index (Phi) is 3.96. The second-order valence-electron chi connectivity index (χ2n) is 4.12. The molecule has 1 heterocycles. The summed E-state index contributed by atoms with van der Waals surface area (Å²) < 4.78 is 5.17. The summed E-state index contributed by atoms with van der Waals surface area (Å²) in [5.74, 6) is 0.178. The molecule has 0 spiro atoms. The molecule has 2 rings (SSSR count). The van der Waals surface area contributed by atoms with Crippen LogP contribution in [0.4, 0.5) is 5.69 Å². The van der Waals surface area contributed by atoms with Crippen LogP contribution in [0.5, 0.6) is 5.75 Å². The molecule has 0 bridgehead atoms. The van der Waals surface area contributed by atoms with Gasteiger partial charge in [-0.25, -0.2) is 0 Å². The highest BCUT2D eigenvalue weighted by atomic mass is 16.5. The molecule has 0 saturated heterocycles. The van der Waals surface area contributed by atoms with E-state index in [2.05, 4.69) is 10.3 Å². The summed E-state index contributed by atoms with van der Waals surface area (Å²) in [4.78, 5) is 16.3. The molecule has 100 valence electrons. The number of aromatic nitrogens is 1. The van der Waals surface area contributed by atoms with Crippen LogP contribution in [-0.2, 0) is 0 Å². The van der Waals surface area contributed by atoms with Crippen LogP contribution in [0.1, 0.15) is 21.6 Å². The van der Waals surface area contributed by atoms with Crippen LogP contribution in [0.25, 0.3) is 0 Å². The predicted octanol–water partition coefficient (Wildman–Crippen LogP) is 2.52. The zero-order valence-corrected chi connectivity index (χ0v) is 11.2. The summed E-state index contributed by atoms with van der Waals surface area (Å²) in [5, 5.41) is 11.6. The topological polar surface area (TPSA) is 75.0 Å². The molecule has 20 heavy (non-hydrogen) atoms. The van der Waals surface area contributed by atoms with Gasteiger partial charge in [-0.1, -0.05) is 0 Å². The van der Waals surface area contributed by atoms with Crippen molar-refractivity contribution < 1.29 is 9.53 Å². The number of nitrogens with one attached hydrogen (secondary N) is 1. The summed E-state index contributed by atoms with van der Waals surface area (Å²) in [6.07, 6.45) is 1.63. The van der Waals surface area contributed by atoms with Gasteiger partial charge in [0.2, 0.25) is 0 Å². The van der Waals surface area contributed by atoms with Gasteiger partial charge < -0.3 is 10.1 Å². The summed E-state index contributed by atoms with van der Waals surface area (Å²) in [6.45, 7) is 1.77. The van der Waals surface area contributed by atoms with Crippen LogP contribution in [0, 0.1) is 18.3 Å². The van der Waals surface area contributed by atoms with E-state index in [0.29, 0.717) is 28.3 Å². The van der Waals surface area contributed by atoms with Crippen molar-refractivity contribution in [2.75, 3.05) is 12.4 Å². The summed E-state index contributed by atoms with van der Waals surface area (Å²) in [5.41, 5.74) is 2.13. The first-order valence-corrected chi connectivity index (χ1v) is 5.97. The Morgan fingerprint density at radius 1 is 1.40 bits per heavy atom. The maximum atomic E-state index is 12.2. The molecular formula is C15H13N3O2. The molecule has 0 atom stereocenters. The highest BCUT2D eigenvalue weighted by Gasteiger charge is 2.12. The monoisotopic (exact) mass is 267 g/mol. The van der Waals surface area contributed by atoms with Crippen molar-refractivity contribution in [1.82, 2.24) is 4.98 Å². The van der Waals surface area contributed by atoms with Gasteiger partial charge in [-0.3, -0.25) is 9.78 Å². The largest absolute Gasteiger partial charge is 0.495 e. The van der Waals surface area contributed by atoms with E-state index >= 15 is 0 Å². The third-order valence-electron chi connectivity index (χ3n) is 2.83. The molecule has 1 aromatic heterocycles. The van der Waals surface area contributed by atoms with E-state index in [-0.39, 0.29) is 5.91 Å². The molecule has 5 heteroatoms. The van der Waals surface area contributed by atoms with Gasteiger partial charge in [0.1, 0.15) is 5.75 Å². The minimum atomic E-state index is -0.265. The first-order valence-electron chi connectivity index (χ1n) is 5.97. The van der Waals surface area contributed by atoms with E-state index in [0.717, 1.165) is 0 Å². The molecule has 0 fully saturated rings. The number of nitrogens with zero attached hydrogens (tertiary/aromatic N) is 2. The molecule has 1 aromatic carbocycles. The maximum Gasteiger partial charge on any atom is 0.257 e. The zero-order valence-electron chi connectivity index (χ0n) is 11.2. The zero-order chi connectivity index (χ0) is 14.5. The van der Waals surface area contributed by atoms with E-state index in [1.165, 1.54) is 7.11 Å². The molecular weight excluding hydrogens is 254 g/mol. The predicted molar refractivity (Wildman–Crippen MR) is 74.6 cm³/mol. The Hall–Kier alpha value is -2.87. The average Bonchev–Trinajstić information content (AvgIpc) is 2.48. The molecule has 2 aromatic rings. The van der Waals surface area contributed by atoms with Crippen LogP contribution in [0.15, 0.2) is 36.5 Å². The molecule has 5 nitrogen and oxygen atoms in total. The average molecular weight is 267 g/mol. The number of carbonyl (C=O) groups excluding carboxylic acids is 1. The van der Waals surface area contributed by atoms with E-state index < -0.39 is 0 Å². The number of benzene rings is 1. The first kappa shape index (κ1) is 13.6. The molecule has 1 amide bonds. The highest BCUT2D eigenvalue weighted by molar-refractivity contribution is 6.05. The van der Waals surface area contributed by atoms with Crippen LogP contribution < -0.4 is 10.1 Å². The molecule has 0 aliphatic heterocycles.